The molecule has 0 spiro atoms. The van der Waals surface area contributed by atoms with Crippen molar-refractivity contribution in [3.05, 3.63) is 0 Å². The summed E-state index contributed by atoms with van der Waals surface area (Å²) in [5, 5.41) is 5.80. The fraction of sp³-hybridized carbons (Fsp3) is 0.750. The van der Waals surface area contributed by atoms with Crippen LogP contribution >= 0.6 is 15.9 Å². The van der Waals surface area contributed by atoms with E-state index >= 15 is 0 Å². The van der Waals surface area contributed by atoms with Crippen LogP contribution in [0.4, 0.5) is 0 Å². The Morgan fingerprint density at radius 3 is 2.46 bits per heavy atom. The van der Waals surface area contributed by atoms with Gasteiger partial charge in [-0.15, -0.1) is 0 Å². The molecule has 0 unspecified atom stereocenters. The van der Waals surface area contributed by atoms with Gasteiger partial charge in [0.05, 0.1) is 6.54 Å². The van der Waals surface area contributed by atoms with E-state index in [0.29, 0.717) is 18.3 Å². The molecule has 2 amide bonds. The maximum atomic E-state index is 11.0. The van der Waals surface area contributed by atoms with Crippen LogP contribution in [0.15, 0.2) is 0 Å². The predicted octanol–water partition coefficient (Wildman–Crippen LogP) is 0.414. The van der Waals surface area contributed by atoms with Crippen molar-refractivity contribution in [3.8, 4) is 0 Å². The first-order chi connectivity index (χ1) is 6.20. The van der Waals surface area contributed by atoms with Gasteiger partial charge >= 0.3 is 0 Å². The van der Waals surface area contributed by atoms with Crippen LogP contribution in [0.3, 0.4) is 0 Å². The van der Waals surface area contributed by atoms with Gasteiger partial charge in [-0.1, -0.05) is 22.9 Å². The minimum atomic E-state index is -0.134. The van der Waals surface area contributed by atoms with Crippen molar-refractivity contribution in [2.45, 2.75) is 19.8 Å². The molecule has 13 heavy (non-hydrogen) atoms. The van der Waals surface area contributed by atoms with E-state index in [1.165, 1.54) is 0 Å². The summed E-state index contributed by atoms with van der Waals surface area (Å²) in [4.78, 5) is 21.9. The zero-order valence-electron chi connectivity index (χ0n) is 7.73. The number of amides is 2. The van der Waals surface area contributed by atoms with Crippen molar-refractivity contribution >= 4 is 27.7 Å². The fourth-order valence-electron chi connectivity index (χ4n) is 0.680. The Hall–Kier alpha value is -0.580. The minimum absolute atomic E-state index is 0.0752. The summed E-state index contributed by atoms with van der Waals surface area (Å²) < 4.78 is 0. The Balaban J connectivity index is 3.40. The Labute approximate surface area is 86.6 Å². The third-order valence-corrected chi connectivity index (χ3v) is 1.74. The number of hydrogen-bond acceptors (Lipinski definition) is 2. The van der Waals surface area contributed by atoms with Gasteiger partial charge in [-0.2, -0.15) is 0 Å². The summed E-state index contributed by atoms with van der Waals surface area (Å²) in [6.07, 6.45) is 1.31. The summed E-state index contributed by atoms with van der Waals surface area (Å²) in [6.45, 7) is 2.71. The maximum Gasteiger partial charge on any atom is 0.239 e. The predicted molar refractivity (Wildman–Crippen MR) is 54.7 cm³/mol. The van der Waals surface area contributed by atoms with Gasteiger partial charge in [-0.05, 0) is 6.42 Å². The highest BCUT2D eigenvalue weighted by molar-refractivity contribution is 9.09. The number of halogens is 1. The zero-order chi connectivity index (χ0) is 10.1. The number of hydrogen-bond donors (Lipinski definition) is 2. The first kappa shape index (κ1) is 12.4. The molecule has 0 atom stereocenters. The van der Waals surface area contributed by atoms with E-state index in [2.05, 4.69) is 26.6 Å². The molecule has 0 aliphatic heterocycles. The average molecular weight is 251 g/mol. The van der Waals surface area contributed by atoms with Crippen LogP contribution in [0, 0.1) is 0 Å². The molecule has 0 fully saturated rings. The molecule has 4 nitrogen and oxygen atoms in total. The fourth-order valence-corrected chi connectivity index (χ4v) is 1.04. The molecule has 0 aromatic heterocycles. The molecule has 0 rings (SSSR count). The highest BCUT2D eigenvalue weighted by atomic mass is 79.9. The monoisotopic (exact) mass is 250 g/mol. The van der Waals surface area contributed by atoms with Crippen LogP contribution in [0.1, 0.15) is 19.8 Å². The summed E-state index contributed by atoms with van der Waals surface area (Å²) in [5.41, 5.74) is 0. The summed E-state index contributed by atoms with van der Waals surface area (Å²) in [7, 11) is 0. The normalized spacial score (nSPS) is 9.38. The summed E-state index contributed by atoms with van der Waals surface area (Å²) in [6, 6.07) is 0. The van der Waals surface area contributed by atoms with E-state index in [1.807, 2.05) is 6.92 Å². The lowest BCUT2D eigenvalue weighted by atomic mass is 10.4. The lowest BCUT2D eigenvalue weighted by molar-refractivity contribution is -0.125. The highest BCUT2D eigenvalue weighted by Gasteiger charge is 2.02. The number of rotatable bonds is 6. The molecule has 0 aliphatic rings. The highest BCUT2D eigenvalue weighted by Crippen LogP contribution is 1.86. The van der Waals surface area contributed by atoms with Gasteiger partial charge < -0.3 is 10.6 Å². The molecule has 0 aromatic carbocycles. The summed E-state index contributed by atoms with van der Waals surface area (Å²) in [5.74, 6) is -0.242. The molecule has 76 valence electrons. The van der Waals surface area contributed by atoms with E-state index in [4.69, 9.17) is 0 Å². The largest absolute Gasteiger partial charge is 0.355 e. The molecule has 0 radical (unpaired) electrons. The molecule has 5 heteroatoms. The van der Waals surface area contributed by atoms with Gasteiger partial charge in [0.25, 0.3) is 0 Å². The Kier molecular flexibility index (Phi) is 7.68. The number of alkyl halides is 1. The van der Waals surface area contributed by atoms with Gasteiger partial charge in [0.15, 0.2) is 0 Å². The van der Waals surface area contributed by atoms with Crippen molar-refractivity contribution in [3.63, 3.8) is 0 Å². The van der Waals surface area contributed by atoms with E-state index in [1.54, 1.807) is 0 Å². The van der Waals surface area contributed by atoms with Crippen molar-refractivity contribution in [2.75, 3.05) is 18.4 Å². The number of carbonyl (C=O) groups is 2. The molecule has 2 N–H and O–H groups in total. The molecule has 0 saturated carbocycles. The zero-order valence-corrected chi connectivity index (χ0v) is 9.32. The third-order valence-electron chi connectivity index (χ3n) is 1.34. The molecule has 0 aliphatic carbocycles. The van der Waals surface area contributed by atoms with Crippen LogP contribution < -0.4 is 10.6 Å². The molecular weight excluding hydrogens is 236 g/mol. The van der Waals surface area contributed by atoms with Gasteiger partial charge in [0.2, 0.25) is 11.8 Å². The standard InChI is InChI=1S/C8H15BrN2O2/c1-2-5-10-8(13)6-11-7(12)3-4-9/h2-6H2,1H3,(H,10,13)(H,11,12). The van der Waals surface area contributed by atoms with Crippen molar-refractivity contribution in [1.82, 2.24) is 10.6 Å². The lowest BCUT2D eigenvalue weighted by Gasteiger charge is -2.04. The second-order valence-corrected chi connectivity index (χ2v) is 3.36. The van der Waals surface area contributed by atoms with Crippen LogP contribution in [-0.4, -0.2) is 30.2 Å². The lowest BCUT2D eigenvalue weighted by Crippen LogP contribution is -2.37. The average Bonchev–Trinajstić information content (AvgIpc) is 2.12. The van der Waals surface area contributed by atoms with Crippen LogP contribution in [-0.2, 0) is 9.59 Å². The first-order valence-electron chi connectivity index (χ1n) is 4.30. The topological polar surface area (TPSA) is 58.2 Å². The van der Waals surface area contributed by atoms with Crippen LogP contribution in [0.25, 0.3) is 0 Å². The van der Waals surface area contributed by atoms with Gasteiger partial charge in [-0.25, -0.2) is 0 Å². The van der Waals surface area contributed by atoms with Gasteiger partial charge in [-0.3, -0.25) is 9.59 Å². The molecule has 0 aromatic rings. The van der Waals surface area contributed by atoms with Gasteiger partial charge in [0.1, 0.15) is 0 Å². The smallest absolute Gasteiger partial charge is 0.239 e. The quantitative estimate of drug-likeness (QED) is 0.672. The number of carbonyl (C=O) groups excluding carboxylic acids is 2. The second kappa shape index (κ2) is 8.04. The Bertz CT molecular complexity index is 174. The van der Waals surface area contributed by atoms with Crippen LogP contribution in [0.2, 0.25) is 0 Å². The van der Waals surface area contributed by atoms with Crippen molar-refractivity contribution in [1.29, 1.82) is 0 Å². The van der Waals surface area contributed by atoms with E-state index < -0.39 is 0 Å². The van der Waals surface area contributed by atoms with E-state index in [0.717, 1.165) is 6.42 Å². The van der Waals surface area contributed by atoms with Gasteiger partial charge in [0, 0.05) is 18.3 Å². The molecule has 0 bridgehead atoms. The molecular formula is C8H15BrN2O2. The summed E-state index contributed by atoms with van der Waals surface area (Å²) >= 11 is 3.14. The molecule has 0 saturated heterocycles. The first-order valence-corrected chi connectivity index (χ1v) is 5.42. The molecule has 0 heterocycles. The van der Waals surface area contributed by atoms with Crippen LogP contribution in [0.5, 0.6) is 0 Å². The van der Waals surface area contributed by atoms with E-state index in [-0.39, 0.29) is 18.4 Å². The number of nitrogens with one attached hydrogen (secondary N) is 2. The van der Waals surface area contributed by atoms with E-state index in [9.17, 15) is 9.59 Å². The Morgan fingerprint density at radius 1 is 1.23 bits per heavy atom. The third kappa shape index (κ3) is 7.77. The SMILES string of the molecule is CCCNC(=O)CNC(=O)CCBr. The minimum Gasteiger partial charge on any atom is -0.355 e. The van der Waals surface area contributed by atoms with Crippen molar-refractivity contribution in [2.24, 2.45) is 0 Å². The second-order valence-electron chi connectivity index (χ2n) is 2.57. The Morgan fingerprint density at radius 2 is 1.92 bits per heavy atom. The maximum absolute atomic E-state index is 11.0. The van der Waals surface area contributed by atoms with Crippen molar-refractivity contribution < 1.29 is 9.59 Å².